The van der Waals surface area contributed by atoms with E-state index in [4.69, 9.17) is 19.9 Å². The minimum absolute atomic E-state index is 0.0305. The fourth-order valence-electron chi connectivity index (χ4n) is 6.96. The van der Waals surface area contributed by atoms with Gasteiger partial charge < -0.3 is 40.4 Å². The van der Waals surface area contributed by atoms with Gasteiger partial charge in [0.15, 0.2) is 0 Å². The number of nitrogens with one attached hydrogen (secondary N) is 2. The molecule has 13 nitrogen and oxygen atoms in total. The first-order valence-corrected chi connectivity index (χ1v) is 19.5. The number of hydrogen-bond donors (Lipinski definition) is 3. The molecule has 1 heterocycles. The van der Waals surface area contributed by atoms with Crippen molar-refractivity contribution in [3.63, 3.8) is 0 Å². The summed E-state index contributed by atoms with van der Waals surface area (Å²) < 4.78 is 17.5. The van der Waals surface area contributed by atoms with Gasteiger partial charge in [-0.1, -0.05) is 63.9 Å². The summed E-state index contributed by atoms with van der Waals surface area (Å²) in [6, 6.07) is 7.75. The fourth-order valence-corrected chi connectivity index (χ4v) is 6.96. The zero-order chi connectivity index (χ0) is 40.8. The Bertz CT molecular complexity index is 1360. The van der Waals surface area contributed by atoms with Crippen molar-refractivity contribution in [2.75, 3.05) is 34.4 Å². The van der Waals surface area contributed by atoms with E-state index in [1.165, 1.54) is 13.5 Å². The monoisotopic (exact) mass is 760 g/mol. The van der Waals surface area contributed by atoms with Gasteiger partial charge in [-0.2, -0.15) is 0 Å². The number of hydrogen-bond acceptors (Lipinski definition) is 9. The number of esters is 1. The van der Waals surface area contributed by atoms with E-state index >= 15 is 0 Å². The number of likely N-dealkylation sites (tertiary alicyclic amines) is 1. The van der Waals surface area contributed by atoms with Crippen LogP contribution in [0.5, 0.6) is 0 Å². The molecule has 6 unspecified atom stereocenters. The largest absolute Gasteiger partial charge is 0.458 e. The van der Waals surface area contributed by atoms with Gasteiger partial charge in [0.05, 0.1) is 48.7 Å². The lowest BCUT2D eigenvalue weighted by Gasteiger charge is -2.43. The van der Waals surface area contributed by atoms with Gasteiger partial charge in [0, 0.05) is 34.2 Å². The maximum Gasteiger partial charge on any atom is 0.329 e. The quantitative estimate of drug-likeness (QED) is 0.199. The van der Waals surface area contributed by atoms with E-state index in [0.29, 0.717) is 13.0 Å². The molecule has 2 aliphatic rings. The molecule has 2 fully saturated rings. The number of methoxy groups -OCH3 is 2. The summed E-state index contributed by atoms with van der Waals surface area (Å²) in [5.41, 5.74) is 4.89. The van der Waals surface area contributed by atoms with Crippen molar-refractivity contribution < 1.29 is 38.2 Å². The molecular formula is C41H69N5O8. The number of ether oxygens (including phenoxy) is 3. The van der Waals surface area contributed by atoms with Gasteiger partial charge in [0.1, 0.15) is 11.6 Å². The molecule has 1 aliphatic carbocycles. The normalized spacial score (nSPS) is 18.8. The van der Waals surface area contributed by atoms with E-state index in [2.05, 4.69) is 24.5 Å². The van der Waals surface area contributed by atoms with E-state index in [1.54, 1.807) is 65.5 Å². The van der Waals surface area contributed by atoms with Crippen LogP contribution in [0.15, 0.2) is 30.3 Å². The van der Waals surface area contributed by atoms with Gasteiger partial charge in [0.25, 0.3) is 0 Å². The van der Waals surface area contributed by atoms with E-state index in [0.717, 1.165) is 31.2 Å². The molecular weight excluding hydrogens is 690 g/mol. The van der Waals surface area contributed by atoms with Crippen LogP contribution in [-0.2, 0) is 44.6 Å². The molecule has 6 atom stereocenters. The molecule has 306 valence electrons. The standard InChI is InChI=1S/C38H61N5O8.C3H8/c1-24(34(46)41-27(35(47)51-37(2,3)4)21-25-15-11-10-12-16-25)33(50-9)28-19-14-20-43(28)30(44)22-29(49-8)32(26-17-13-18-26)42(7)31(45)23-40-36(48)38(5,6)39;1-3-2/h10-12,15-16,24,26-29,32-33H,13-14,17-23,39H2,1-9H3,(H,40,48)(H,41,46);3H2,1-2H3. The van der Waals surface area contributed by atoms with Gasteiger partial charge >= 0.3 is 5.97 Å². The summed E-state index contributed by atoms with van der Waals surface area (Å²) in [6.07, 6.45) is 4.51. The van der Waals surface area contributed by atoms with Crippen LogP contribution in [0.3, 0.4) is 0 Å². The van der Waals surface area contributed by atoms with E-state index in [9.17, 15) is 24.0 Å². The highest BCUT2D eigenvalue weighted by Crippen LogP contribution is 2.36. The van der Waals surface area contributed by atoms with E-state index in [1.807, 2.05) is 30.3 Å². The fraction of sp³-hybridized carbons (Fsp3) is 0.732. The Balaban J connectivity index is 0.00000325. The SMILES string of the molecule is CCC.COC(CC(=O)N1CCCC1C(OC)C(C)C(=O)NC(Cc1ccccc1)C(=O)OC(C)(C)C)C(C1CCC1)N(C)C(=O)CNC(=O)C(C)(C)N. The third-order valence-corrected chi connectivity index (χ3v) is 9.99. The molecule has 4 N–H and O–H groups in total. The number of carbonyl (C=O) groups excluding carboxylic acids is 5. The number of amides is 4. The predicted octanol–water partition coefficient (Wildman–Crippen LogP) is 4.00. The lowest BCUT2D eigenvalue weighted by Crippen LogP contribution is -2.57. The Labute approximate surface area is 323 Å². The summed E-state index contributed by atoms with van der Waals surface area (Å²) in [5.74, 6) is -2.34. The second-order valence-corrected chi connectivity index (χ2v) is 16.3. The van der Waals surface area contributed by atoms with Crippen molar-refractivity contribution in [2.45, 2.75) is 148 Å². The Hall–Kier alpha value is -3.55. The lowest BCUT2D eigenvalue weighted by atomic mass is 9.76. The predicted molar refractivity (Wildman–Crippen MR) is 209 cm³/mol. The molecule has 4 amide bonds. The molecule has 0 radical (unpaired) electrons. The Morgan fingerprint density at radius 2 is 1.57 bits per heavy atom. The van der Waals surface area contributed by atoms with Crippen molar-refractivity contribution in [2.24, 2.45) is 17.6 Å². The van der Waals surface area contributed by atoms with Crippen LogP contribution in [-0.4, -0.2) is 115 Å². The average molecular weight is 760 g/mol. The summed E-state index contributed by atoms with van der Waals surface area (Å²) in [7, 11) is 4.76. The second-order valence-electron chi connectivity index (χ2n) is 16.3. The van der Waals surface area contributed by atoms with Crippen LogP contribution in [0, 0.1) is 11.8 Å². The zero-order valence-corrected chi connectivity index (χ0v) is 34.7. The maximum absolute atomic E-state index is 14.0. The first-order chi connectivity index (χ1) is 25.3. The smallest absolute Gasteiger partial charge is 0.329 e. The molecule has 0 aromatic heterocycles. The van der Waals surface area contributed by atoms with E-state index < -0.39 is 47.2 Å². The molecule has 1 aromatic carbocycles. The third kappa shape index (κ3) is 13.9. The molecule has 0 bridgehead atoms. The van der Waals surface area contributed by atoms with Crippen LogP contribution >= 0.6 is 0 Å². The minimum Gasteiger partial charge on any atom is -0.458 e. The number of carbonyl (C=O) groups is 5. The molecule has 13 heteroatoms. The summed E-state index contributed by atoms with van der Waals surface area (Å²) in [5, 5.41) is 5.53. The topological polar surface area (TPSA) is 170 Å². The molecule has 3 rings (SSSR count). The van der Waals surface area contributed by atoms with Crippen molar-refractivity contribution in [1.29, 1.82) is 0 Å². The van der Waals surface area contributed by atoms with Gasteiger partial charge in [0.2, 0.25) is 23.6 Å². The van der Waals surface area contributed by atoms with E-state index in [-0.39, 0.29) is 55.1 Å². The molecule has 1 saturated carbocycles. The van der Waals surface area contributed by atoms with Crippen molar-refractivity contribution in [3.05, 3.63) is 35.9 Å². The third-order valence-electron chi connectivity index (χ3n) is 9.99. The van der Waals surface area contributed by atoms with Crippen LogP contribution < -0.4 is 16.4 Å². The van der Waals surface area contributed by atoms with Gasteiger partial charge in [-0.3, -0.25) is 19.2 Å². The zero-order valence-electron chi connectivity index (χ0n) is 34.7. The van der Waals surface area contributed by atoms with Crippen LogP contribution in [0.4, 0.5) is 0 Å². The Morgan fingerprint density at radius 3 is 2.07 bits per heavy atom. The second kappa shape index (κ2) is 21.5. The first kappa shape index (κ1) is 46.6. The van der Waals surface area contributed by atoms with Crippen LogP contribution in [0.1, 0.15) is 106 Å². The highest BCUT2D eigenvalue weighted by Gasteiger charge is 2.44. The first-order valence-electron chi connectivity index (χ1n) is 19.5. The number of rotatable bonds is 17. The van der Waals surface area contributed by atoms with Crippen molar-refractivity contribution in [3.8, 4) is 0 Å². The van der Waals surface area contributed by atoms with Crippen LogP contribution in [0.2, 0.25) is 0 Å². The molecule has 54 heavy (non-hydrogen) atoms. The molecule has 0 spiro atoms. The minimum atomic E-state index is -1.12. The number of nitrogens with two attached hydrogens (primary N) is 1. The Morgan fingerprint density at radius 1 is 0.963 bits per heavy atom. The number of likely N-dealkylation sites (N-methyl/N-ethyl adjacent to an activating group) is 1. The highest BCUT2D eigenvalue weighted by atomic mass is 16.6. The summed E-state index contributed by atoms with van der Waals surface area (Å²) in [6.45, 7) is 14.8. The molecule has 1 aliphatic heterocycles. The maximum atomic E-state index is 14.0. The van der Waals surface area contributed by atoms with Crippen LogP contribution in [0.25, 0.3) is 0 Å². The van der Waals surface area contributed by atoms with Crippen molar-refractivity contribution >= 4 is 29.6 Å². The van der Waals surface area contributed by atoms with Crippen molar-refractivity contribution in [1.82, 2.24) is 20.4 Å². The van der Waals surface area contributed by atoms with Gasteiger partial charge in [-0.25, -0.2) is 4.79 Å². The highest BCUT2D eigenvalue weighted by molar-refractivity contribution is 5.89. The lowest BCUT2D eigenvalue weighted by molar-refractivity contribution is -0.159. The summed E-state index contributed by atoms with van der Waals surface area (Å²) in [4.78, 5) is 70.0. The average Bonchev–Trinajstić information content (AvgIpc) is 3.56. The number of nitrogens with zero attached hydrogens (tertiary/aromatic N) is 2. The Kier molecular flexibility index (Phi) is 18.6. The summed E-state index contributed by atoms with van der Waals surface area (Å²) >= 11 is 0. The van der Waals surface area contributed by atoms with Gasteiger partial charge in [-0.05, 0) is 71.8 Å². The van der Waals surface area contributed by atoms with Gasteiger partial charge in [-0.15, -0.1) is 0 Å². The molecule has 1 aromatic rings. The molecule has 1 saturated heterocycles. The number of benzene rings is 1.